The van der Waals surface area contributed by atoms with Crippen molar-refractivity contribution in [2.75, 3.05) is 4.90 Å². The number of fused-ring (bicyclic) bond motifs is 1. The molecule has 1 aliphatic carbocycles. The van der Waals surface area contributed by atoms with Crippen LogP contribution in [0.1, 0.15) is 68.5 Å². The van der Waals surface area contributed by atoms with Crippen LogP contribution in [-0.2, 0) is 11.8 Å². The maximum Gasteiger partial charge on any atom is 0.227 e. The average molecular weight is 521 g/mol. The van der Waals surface area contributed by atoms with Crippen molar-refractivity contribution in [2.45, 2.75) is 70.1 Å². The summed E-state index contributed by atoms with van der Waals surface area (Å²) >= 11 is 0. The lowest BCUT2D eigenvalue weighted by Gasteiger charge is -2.37. The number of anilines is 1. The molecule has 2 fully saturated rings. The second kappa shape index (κ2) is 9.58. The highest BCUT2D eigenvalue weighted by Gasteiger charge is 2.36. The highest BCUT2D eigenvalue weighted by atomic mass is 19.2. The third-order valence-corrected chi connectivity index (χ3v) is 7.94. The van der Waals surface area contributed by atoms with Gasteiger partial charge < -0.3 is 14.6 Å². The molecule has 38 heavy (non-hydrogen) atoms. The van der Waals surface area contributed by atoms with E-state index >= 15 is 0 Å². The second-order valence-electron chi connectivity index (χ2n) is 10.4. The number of aromatic nitrogens is 5. The third kappa shape index (κ3) is 4.16. The number of carbonyl (C=O) groups is 1. The topological polar surface area (TPSA) is 89.1 Å². The van der Waals surface area contributed by atoms with E-state index in [4.69, 9.17) is 4.98 Å². The van der Waals surface area contributed by atoms with Crippen molar-refractivity contribution in [3.05, 3.63) is 59.6 Å². The summed E-state index contributed by atoms with van der Waals surface area (Å²) in [5.74, 6) is -1.34. The number of carbonyl (C=O) groups excluding carboxylic acids is 1. The molecular weight excluding hydrogens is 490 g/mol. The van der Waals surface area contributed by atoms with Crippen LogP contribution in [0.3, 0.4) is 0 Å². The molecule has 10 heteroatoms. The highest BCUT2D eigenvalue weighted by Crippen LogP contribution is 2.41. The molecule has 4 aromatic rings. The van der Waals surface area contributed by atoms with Crippen molar-refractivity contribution in [3.63, 3.8) is 0 Å². The van der Waals surface area contributed by atoms with Crippen LogP contribution in [0.5, 0.6) is 0 Å². The zero-order valence-corrected chi connectivity index (χ0v) is 21.4. The molecule has 2 aromatic carbocycles. The minimum absolute atomic E-state index is 0.105. The Morgan fingerprint density at radius 1 is 1.00 bits per heavy atom. The molecule has 0 unspecified atom stereocenters. The van der Waals surface area contributed by atoms with Crippen molar-refractivity contribution in [1.29, 1.82) is 0 Å². The van der Waals surface area contributed by atoms with E-state index < -0.39 is 17.7 Å². The van der Waals surface area contributed by atoms with Gasteiger partial charge in [-0.1, -0.05) is 11.3 Å². The van der Waals surface area contributed by atoms with Gasteiger partial charge in [0.1, 0.15) is 5.82 Å². The van der Waals surface area contributed by atoms with E-state index in [0.717, 1.165) is 58.8 Å². The van der Waals surface area contributed by atoms with Crippen LogP contribution < -0.4 is 4.90 Å². The lowest BCUT2D eigenvalue weighted by molar-refractivity contribution is -0.120. The van der Waals surface area contributed by atoms with Crippen LogP contribution in [0.15, 0.2) is 36.4 Å². The summed E-state index contributed by atoms with van der Waals surface area (Å²) in [6, 6.07) is 9.38. The number of piperidine rings is 1. The molecule has 1 N–H and O–H groups in total. The van der Waals surface area contributed by atoms with Crippen LogP contribution in [0.2, 0.25) is 0 Å². The first-order valence-corrected chi connectivity index (χ1v) is 13.2. The molecule has 1 atom stereocenters. The lowest BCUT2D eigenvalue weighted by Crippen LogP contribution is -2.40. The van der Waals surface area contributed by atoms with Crippen LogP contribution in [0.25, 0.3) is 22.3 Å². The molecule has 1 saturated heterocycles. The Balaban J connectivity index is 1.51. The predicted molar refractivity (Wildman–Crippen MR) is 138 cm³/mol. The maximum absolute atomic E-state index is 14.2. The number of hydrogen-bond acceptors (Lipinski definition) is 5. The van der Waals surface area contributed by atoms with E-state index in [2.05, 4.69) is 14.9 Å². The average Bonchev–Trinajstić information content (AvgIpc) is 3.45. The summed E-state index contributed by atoms with van der Waals surface area (Å²) in [6.07, 6.45) is 4.32. The quantitative estimate of drug-likeness (QED) is 0.402. The van der Waals surface area contributed by atoms with Crippen molar-refractivity contribution in [2.24, 2.45) is 7.05 Å². The number of amides is 1. The Hall–Kier alpha value is -3.66. The van der Waals surface area contributed by atoms with Gasteiger partial charge in [-0.05, 0) is 69.7 Å². The fourth-order valence-electron chi connectivity index (χ4n) is 6.13. The Bertz CT molecular complexity index is 1500. The van der Waals surface area contributed by atoms with Gasteiger partial charge >= 0.3 is 0 Å². The van der Waals surface area contributed by atoms with Crippen molar-refractivity contribution >= 4 is 22.6 Å². The number of hydrogen-bond donors (Lipinski definition) is 1. The van der Waals surface area contributed by atoms with Gasteiger partial charge in [-0.3, -0.25) is 4.79 Å². The Labute approximate surface area is 218 Å². The van der Waals surface area contributed by atoms with Gasteiger partial charge in [0, 0.05) is 36.8 Å². The van der Waals surface area contributed by atoms with Gasteiger partial charge in [0.15, 0.2) is 11.6 Å². The summed E-state index contributed by atoms with van der Waals surface area (Å²) < 4.78 is 31.9. The van der Waals surface area contributed by atoms with E-state index in [1.165, 1.54) is 6.07 Å². The monoisotopic (exact) mass is 520 g/mol. The van der Waals surface area contributed by atoms with E-state index in [0.29, 0.717) is 37.8 Å². The number of aryl methyl sites for hydroxylation is 2. The van der Waals surface area contributed by atoms with Gasteiger partial charge in [-0.25, -0.2) is 18.4 Å². The smallest absolute Gasteiger partial charge is 0.227 e. The molecule has 6 rings (SSSR count). The van der Waals surface area contributed by atoms with Crippen molar-refractivity contribution < 1.29 is 18.7 Å². The summed E-state index contributed by atoms with van der Waals surface area (Å²) in [6.45, 7) is 1.91. The molecule has 2 aromatic heterocycles. The molecule has 1 aliphatic heterocycles. The molecule has 1 amide bonds. The van der Waals surface area contributed by atoms with Gasteiger partial charge in [-0.15, -0.1) is 5.10 Å². The first-order valence-electron chi connectivity index (χ1n) is 13.2. The van der Waals surface area contributed by atoms with E-state index in [-0.39, 0.29) is 18.1 Å². The Morgan fingerprint density at radius 2 is 1.79 bits per heavy atom. The van der Waals surface area contributed by atoms with Gasteiger partial charge in [0.05, 0.1) is 34.6 Å². The largest absolute Gasteiger partial charge is 0.393 e. The minimum atomic E-state index is -0.987. The number of halogens is 2. The summed E-state index contributed by atoms with van der Waals surface area (Å²) in [7, 11) is 1.85. The Kier molecular flexibility index (Phi) is 6.22. The van der Waals surface area contributed by atoms with Crippen LogP contribution in [-0.4, -0.2) is 41.7 Å². The zero-order valence-electron chi connectivity index (χ0n) is 21.4. The van der Waals surface area contributed by atoms with Crippen LogP contribution in [0.4, 0.5) is 14.5 Å². The molecule has 8 nitrogen and oxygen atoms in total. The third-order valence-electron chi connectivity index (χ3n) is 7.94. The molecule has 0 spiro atoms. The molecule has 198 valence electrons. The van der Waals surface area contributed by atoms with E-state index in [9.17, 15) is 18.7 Å². The van der Waals surface area contributed by atoms with Crippen molar-refractivity contribution in [3.8, 4) is 11.3 Å². The maximum atomic E-state index is 14.2. The SMILES string of the molecule is Cc1nnn(C)c1-c1ccc2c(c1)nc([C@@H]1CCCC(=O)N1c1ccc(F)c(F)c1)n2[C@H]1CC[C@H](O)CC1. The first-order chi connectivity index (χ1) is 18.3. The molecule has 0 bridgehead atoms. The first kappa shape index (κ1) is 24.7. The van der Waals surface area contributed by atoms with Gasteiger partial charge in [0.2, 0.25) is 5.91 Å². The predicted octanol–water partition coefficient (Wildman–Crippen LogP) is 5.15. The van der Waals surface area contributed by atoms with Gasteiger partial charge in [0.25, 0.3) is 0 Å². The van der Waals surface area contributed by atoms with Gasteiger partial charge in [-0.2, -0.15) is 0 Å². The number of rotatable bonds is 4. The molecule has 0 radical (unpaired) electrons. The molecule has 2 aliphatic rings. The summed E-state index contributed by atoms with van der Waals surface area (Å²) in [5, 5.41) is 18.5. The van der Waals surface area contributed by atoms with Crippen LogP contribution >= 0.6 is 0 Å². The molecule has 3 heterocycles. The van der Waals surface area contributed by atoms with E-state index in [1.807, 2.05) is 32.2 Å². The highest BCUT2D eigenvalue weighted by molar-refractivity contribution is 5.95. The fourth-order valence-corrected chi connectivity index (χ4v) is 6.13. The fraction of sp³-hybridized carbons (Fsp3) is 0.429. The summed E-state index contributed by atoms with van der Waals surface area (Å²) in [5.41, 5.74) is 4.72. The lowest BCUT2D eigenvalue weighted by atomic mass is 9.92. The normalized spacial score (nSPS) is 22.4. The molecule has 1 saturated carbocycles. The number of benzene rings is 2. The number of imidazole rings is 1. The van der Waals surface area contributed by atoms with Crippen LogP contribution in [0, 0.1) is 18.6 Å². The summed E-state index contributed by atoms with van der Waals surface area (Å²) in [4.78, 5) is 19.9. The zero-order chi connectivity index (χ0) is 26.6. The number of nitrogens with zero attached hydrogens (tertiary/aromatic N) is 6. The molecular formula is C28H30F2N6O2. The Morgan fingerprint density at radius 3 is 2.50 bits per heavy atom. The minimum Gasteiger partial charge on any atom is -0.393 e. The van der Waals surface area contributed by atoms with Crippen molar-refractivity contribution in [1.82, 2.24) is 24.5 Å². The standard InChI is InChI=1S/C28H30F2N6O2/c1-16-27(34(2)33-32-16)17-6-13-24-23(14-17)31-28(36(24)18-7-10-20(37)11-8-18)25-4-3-5-26(38)35(25)19-9-12-21(29)22(30)15-19/h6,9,12-15,18,20,25,37H,3-5,7-8,10-11H2,1-2H3/t18-,20-,25-/m0/s1. The van der Waals surface area contributed by atoms with E-state index in [1.54, 1.807) is 9.58 Å². The second-order valence-corrected chi connectivity index (χ2v) is 10.4. The number of aliphatic hydroxyl groups is 1. The number of aliphatic hydroxyl groups excluding tert-OH is 1.